The topological polar surface area (TPSA) is 105 Å². The van der Waals surface area contributed by atoms with Crippen molar-refractivity contribution in [3.63, 3.8) is 0 Å². The van der Waals surface area contributed by atoms with Gasteiger partial charge in [-0.15, -0.1) is 0 Å². The zero-order valence-corrected chi connectivity index (χ0v) is 16.0. The van der Waals surface area contributed by atoms with Crippen LogP contribution in [0.2, 0.25) is 0 Å². The molecule has 2 aromatic rings. The van der Waals surface area contributed by atoms with Gasteiger partial charge in [0.05, 0.1) is 0 Å². The van der Waals surface area contributed by atoms with Gasteiger partial charge in [0.25, 0.3) is 0 Å². The number of ether oxygens (including phenoxy) is 1. The largest absolute Gasteiger partial charge is 0.480 e. The van der Waals surface area contributed by atoms with E-state index in [-0.39, 0.29) is 18.8 Å². The van der Waals surface area contributed by atoms with Crippen molar-refractivity contribution in [3.8, 4) is 0 Å². The molecule has 0 aliphatic rings. The third kappa shape index (κ3) is 6.96. The molecular weight excluding hydrogens is 380 g/mol. The Labute approximate surface area is 168 Å². The van der Waals surface area contributed by atoms with Gasteiger partial charge < -0.3 is 20.5 Å². The first kappa shape index (κ1) is 21.3. The quantitative estimate of drug-likeness (QED) is 0.481. The van der Waals surface area contributed by atoms with Crippen LogP contribution in [-0.4, -0.2) is 40.9 Å². The molecule has 0 fully saturated rings. The van der Waals surface area contributed by atoms with Crippen LogP contribution in [0.15, 0.2) is 60.7 Å². The van der Waals surface area contributed by atoms with E-state index in [1.807, 2.05) is 24.3 Å². The number of hydrogen-bond acceptors (Lipinski definition) is 5. The molecule has 0 heterocycles. The highest BCUT2D eigenvalue weighted by Gasteiger charge is 2.26. The Morgan fingerprint density at radius 2 is 1.46 bits per heavy atom. The highest BCUT2D eigenvalue weighted by atomic mass is 32.1. The zero-order valence-electron chi connectivity index (χ0n) is 15.1. The summed E-state index contributed by atoms with van der Waals surface area (Å²) in [4.78, 5) is 35.8. The van der Waals surface area contributed by atoms with E-state index in [9.17, 15) is 19.5 Å². The van der Waals surface area contributed by atoms with E-state index < -0.39 is 30.1 Å². The molecule has 3 N–H and O–H groups in total. The lowest BCUT2D eigenvalue weighted by atomic mass is 10.1. The number of alkyl carbamates (subject to hydrolysis) is 1. The van der Waals surface area contributed by atoms with E-state index in [2.05, 4.69) is 23.3 Å². The predicted octanol–water partition coefficient (Wildman–Crippen LogP) is 2.02. The van der Waals surface area contributed by atoms with E-state index in [0.717, 1.165) is 11.1 Å². The summed E-state index contributed by atoms with van der Waals surface area (Å²) in [5.41, 5.74) is 1.58. The molecule has 148 valence electrons. The fraction of sp³-hybridized carbons (Fsp3) is 0.250. The maximum absolute atomic E-state index is 12.4. The number of benzene rings is 2. The van der Waals surface area contributed by atoms with Crippen molar-refractivity contribution in [3.05, 3.63) is 71.8 Å². The van der Waals surface area contributed by atoms with Gasteiger partial charge in [-0.1, -0.05) is 60.7 Å². The first-order valence-electron chi connectivity index (χ1n) is 8.64. The number of carboxylic acid groups (broad SMARTS) is 1. The highest BCUT2D eigenvalue weighted by molar-refractivity contribution is 7.80. The van der Waals surface area contributed by atoms with Gasteiger partial charge in [-0.2, -0.15) is 12.6 Å². The van der Waals surface area contributed by atoms with Gasteiger partial charge >= 0.3 is 12.1 Å². The lowest BCUT2D eigenvalue weighted by Gasteiger charge is -2.20. The van der Waals surface area contributed by atoms with Gasteiger partial charge in [0.1, 0.15) is 18.7 Å². The van der Waals surface area contributed by atoms with Gasteiger partial charge in [-0.05, 0) is 11.1 Å². The first-order chi connectivity index (χ1) is 13.5. The van der Waals surface area contributed by atoms with Crippen LogP contribution in [0.25, 0.3) is 0 Å². The molecule has 0 saturated heterocycles. The summed E-state index contributed by atoms with van der Waals surface area (Å²) in [5, 5.41) is 14.2. The van der Waals surface area contributed by atoms with Crippen molar-refractivity contribution in [2.75, 3.05) is 5.75 Å². The molecule has 7 nitrogen and oxygen atoms in total. The number of thiol groups is 1. The Kier molecular flexibility index (Phi) is 8.36. The molecule has 2 amide bonds. The molecule has 8 heteroatoms. The highest BCUT2D eigenvalue weighted by Crippen LogP contribution is 2.05. The van der Waals surface area contributed by atoms with Crippen LogP contribution in [0, 0.1) is 0 Å². The number of carbonyl (C=O) groups excluding carboxylic acids is 2. The third-order valence-corrected chi connectivity index (χ3v) is 4.27. The predicted molar refractivity (Wildman–Crippen MR) is 107 cm³/mol. The number of carboxylic acids is 1. The second-order valence-electron chi connectivity index (χ2n) is 6.03. The lowest BCUT2D eigenvalue weighted by molar-refractivity contribution is -0.142. The standard InChI is InChI=1S/C20H22N2O5S/c23-18(21-16(19(24)25)11-14-7-3-1-4-8-14)17(13-28)22-20(26)27-12-15-9-5-2-6-10-15/h1-10,16-17,28H,11-13H2,(H,21,23)(H,22,26)(H,24,25)/t16-,17-/m1/s1. The Bertz CT molecular complexity index is 786. The molecule has 2 rings (SSSR count). The minimum atomic E-state index is -1.17. The van der Waals surface area contributed by atoms with Crippen LogP contribution in [-0.2, 0) is 27.4 Å². The molecule has 0 unspecified atom stereocenters. The van der Waals surface area contributed by atoms with Crippen molar-refractivity contribution in [2.24, 2.45) is 0 Å². The van der Waals surface area contributed by atoms with Crippen LogP contribution >= 0.6 is 12.6 Å². The van der Waals surface area contributed by atoms with Crippen LogP contribution in [0.4, 0.5) is 4.79 Å². The fourth-order valence-corrected chi connectivity index (χ4v) is 2.68. The van der Waals surface area contributed by atoms with Crippen LogP contribution in [0.1, 0.15) is 11.1 Å². The van der Waals surface area contributed by atoms with Crippen molar-refractivity contribution >= 4 is 30.6 Å². The van der Waals surface area contributed by atoms with Crippen molar-refractivity contribution in [1.29, 1.82) is 0 Å². The summed E-state index contributed by atoms with van der Waals surface area (Å²) >= 11 is 4.06. The minimum Gasteiger partial charge on any atom is -0.480 e. The molecular formula is C20H22N2O5S. The van der Waals surface area contributed by atoms with Crippen molar-refractivity contribution < 1.29 is 24.2 Å². The molecule has 0 aliphatic heterocycles. The Hall–Kier alpha value is -3.00. The number of amides is 2. The number of hydrogen-bond donors (Lipinski definition) is 4. The van der Waals surface area contributed by atoms with Crippen LogP contribution < -0.4 is 10.6 Å². The maximum atomic E-state index is 12.4. The molecule has 0 bridgehead atoms. The molecule has 0 aliphatic carbocycles. The molecule has 0 spiro atoms. The molecule has 2 atom stereocenters. The molecule has 0 aromatic heterocycles. The molecule has 0 saturated carbocycles. The Morgan fingerprint density at radius 1 is 0.893 bits per heavy atom. The summed E-state index contributed by atoms with van der Waals surface area (Å²) in [7, 11) is 0. The van der Waals surface area contributed by atoms with Gasteiger partial charge in [0, 0.05) is 12.2 Å². The fourth-order valence-electron chi connectivity index (χ4n) is 2.42. The summed E-state index contributed by atoms with van der Waals surface area (Å²) in [6, 6.07) is 15.9. The van der Waals surface area contributed by atoms with Gasteiger partial charge in [0.15, 0.2) is 0 Å². The number of aliphatic carboxylic acids is 1. The van der Waals surface area contributed by atoms with Crippen LogP contribution in [0.5, 0.6) is 0 Å². The summed E-state index contributed by atoms with van der Waals surface area (Å²) in [6.45, 7) is 0.0549. The lowest BCUT2D eigenvalue weighted by Crippen LogP contribution is -2.53. The number of nitrogens with one attached hydrogen (secondary N) is 2. The van der Waals surface area contributed by atoms with Gasteiger partial charge in [-0.3, -0.25) is 4.79 Å². The summed E-state index contributed by atoms with van der Waals surface area (Å²) in [5.74, 6) is -1.82. The first-order valence-corrected chi connectivity index (χ1v) is 9.28. The normalized spacial score (nSPS) is 12.5. The van der Waals surface area contributed by atoms with E-state index in [4.69, 9.17) is 4.74 Å². The molecule has 28 heavy (non-hydrogen) atoms. The summed E-state index contributed by atoms with van der Waals surface area (Å²) < 4.78 is 5.08. The Morgan fingerprint density at radius 3 is 2.00 bits per heavy atom. The van der Waals surface area contributed by atoms with E-state index in [0.29, 0.717) is 0 Å². The summed E-state index contributed by atoms with van der Waals surface area (Å²) in [6.07, 6.45) is -0.660. The number of rotatable bonds is 9. The maximum Gasteiger partial charge on any atom is 0.408 e. The van der Waals surface area contributed by atoms with Crippen LogP contribution in [0.3, 0.4) is 0 Å². The second kappa shape index (κ2) is 11.0. The van der Waals surface area contributed by atoms with Gasteiger partial charge in [-0.25, -0.2) is 9.59 Å². The average molecular weight is 402 g/mol. The van der Waals surface area contributed by atoms with Crippen molar-refractivity contribution in [2.45, 2.75) is 25.1 Å². The average Bonchev–Trinajstić information content (AvgIpc) is 2.71. The Balaban J connectivity index is 1.89. The SMILES string of the molecule is O=C(N[C@H](CS)C(=O)N[C@H](Cc1ccccc1)C(=O)O)OCc1ccccc1. The second-order valence-corrected chi connectivity index (χ2v) is 6.40. The minimum absolute atomic E-state index is 0.00997. The van der Waals surface area contributed by atoms with E-state index in [1.54, 1.807) is 36.4 Å². The zero-order chi connectivity index (χ0) is 20.4. The molecule has 2 aromatic carbocycles. The smallest absolute Gasteiger partial charge is 0.408 e. The number of carbonyl (C=O) groups is 3. The molecule has 0 radical (unpaired) electrons. The third-order valence-electron chi connectivity index (χ3n) is 3.90. The monoisotopic (exact) mass is 402 g/mol. The van der Waals surface area contributed by atoms with Gasteiger partial charge in [0.2, 0.25) is 5.91 Å². The van der Waals surface area contributed by atoms with Crippen molar-refractivity contribution in [1.82, 2.24) is 10.6 Å². The van der Waals surface area contributed by atoms with E-state index in [1.165, 1.54) is 0 Å². The van der Waals surface area contributed by atoms with E-state index >= 15 is 0 Å².